The third-order valence-corrected chi connectivity index (χ3v) is 5.40. The second-order valence-corrected chi connectivity index (χ2v) is 8.22. The zero-order chi connectivity index (χ0) is 19.6. The van der Waals surface area contributed by atoms with E-state index in [9.17, 15) is 15.0 Å². The predicted octanol–water partition coefficient (Wildman–Crippen LogP) is 5.77. The van der Waals surface area contributed by atoms with Crippen LogP contribution in [0, 0.1) is 0 Å². The van der Waals surface area contributed by atoms with E-state index in [2.05, 4.69) is 31.4 Å². The van der Waals surface area contributed by atoms with Gasteiger partial charge in [0.05, 0.1) is 11.4 Å². The number of hydrogen-bond acceptors (Lipinski definition) is 4. The molecule has 1 aromatic heterocycles. The van der Waals surface area contributed by atoms with Gasteiger partial charge in [0.1, 0.15) is 11.5 Å². The van der Waals surface area contributed by atoms with Crippen molar-refractivity contribution in [1.82, 2.24) is 0 Å². The molecule has 0 radical (unpaired) electrons. The molecule has 27 heavy (non-hydrogen) atoms. The van der Waals surface area contributed by atoms with Crippen molar-refractivity contribution in [3.8, 4) is 22.6 Å². The normalized spacial score (nSPS) is 11.2. The van der Waals surface area contributed by atoms with E-state index in [-0.39, 0.29) is 16.9 Å². The van der Waals surface area contributed by atoms with Gasteiger partial charge in [0.25, 0.3) is 0 Å². The number of thiophene rings is 1. The first-order valence-electron chi connectivity index (χ1n) is 8.52. The van der Waals surface area contributed by atoms with Crippen LogP contribution in [0.3, 0.4) is 0 Å². The third-order valence-electron chi connectivity index (χ3n) is 4.04. The molecule has 0 spiro atoms. The summed E-state index contributed by atoms with van der Waals surface area (Å²) in [5, 5.41) is 26.9. The number of benzene rings is 2. The summed E-state index contributed by atoms with van der Waals surface area (Å²) >= 11 is 1.60. The van der Waals surface area contributed by atoms with Crippen molar-refractivity contribution in [3.05, 3.63) is 58.8 Å². The summed E-state index contributed by atoms with van der Waals surface area (Å²) in [6.45, 7) is 6.36. The first-order valence-corrected chi connectivity index (χ1v) is 9.40. The van der Waals surface area contributed by atoms with Gasteiger partial charge in [-0.05, 0) is 46.9 Å². The molecule has 4 N–H and O–H groups in total. The molecule has 5 nitrogen and oxygen atoms in total. The summed E-state index contributed by atoms with van der Waals surface area (Å²) in [4.78, 5) is 13.4. The van der Waals surface area contributed by atoms with Crippen molar-refractivity contribution in [2.75, 3.05) is 10.6 Å². The summed E-state index contributed by atoms with van der Waals surface area (Å²) in [6.07, 6.45) is 0. The van der Waals surface area contributed by atoms with Crippen LogP contribution in [0.2, 0.25) is 0 Å². The lowest BCUT2D eigenvalue weighted by atomic mass is 9.95. The average molecular weight is 382 g/mol. The van der Waals surface area contributed by atoms with Crippen LogP contribution in [0.1, 0.15) is 25.6 Å². The van der Waals surface area contributed by atoms with Crippen LogP contribution in [-0.2, 0) is 5.41 Å². The van der Waals surface area contributed by atoms with Gasteiger partial charge in [-0.25, -0.2) is 4.79 Å². The standard InChI is InChI=1S/C21H22N2O3S/c1-21(2,3)19-11-15(12-27-19)22-20(26)23-17-9-6-14(10-18(17)25)13-4-7-16(24)8-5-13/h4-12,24-25H,1-3H3,(H2,22,23,26). The van der Waals surface area contributed by atoms with Crippen molar-refractivity contribution in [1.29, 1.82) is 0 Å². The fraction of sp³-hybridized carbons (Fsp3) is 0.190. The van der Waals surface area contributed by atoms with Crippen molar-refractivity contribution >= 4 is 28.7 Å². The fourth-order valence-corrected chi connectivity index (χ4v) is 3.48. The van der Waals surface area contributed by atoms with Crippen molar-refractivity contribution in [2.24, 2.45) is 0 Å². The van der Waals surface area contributed by atoms with Gasteiger partial charge >= 0.3 is 6.03 Å². The van der Waals surface area contributed by atoms with Crippen LogP contribution < -0.4 is 10.6 Å². The van der Waals surface area contributed by atoms with E-state index in [4.69, 9.17) is 0 Å². The maximum Gasteiger partial charge on any atom is 0.323 e. The molecule has 0 aliphatic carbocycles. The second-order valence-electron chi connectivity index (χ2n) is 7.31. The smallest absolute Gasteiger partial charge is 0.323 e. The molecule has 3 aromatic rings. The van der Waals surface area contributed by atoms with Crippen LogP contribution >= 0.6 is 11.3 Å². The second kappa shape index (κ2) is 7.32. The molecular weight excluding hydrogens is 360 g/mol. The van der Waals surface area contributed by atoms with Gasteiger partial charge in [0, 0.05) is 10.3 Å². The Morgan fingerprint density at radius 2 is 1.59 bits per heavy atom. The summed E-state index contributed by atoms with van der Waals surface area (Å²) < 4.78 is 0. The lowest BCUT2D eigenvalue weighted by molar-refractivity contribution is 0.262. The number of nitrogens with one attached hydrogen (secondary N) is 2. The molecule has 1 heterocycles. The molecule has 0 bridgehead atoms. The highest BCUT2D eigenvalue weighted by molar-refractivity contribution is 7.10. The topological polar surface area (TPSA) is 81.6 Å². The molecule has 2 amide bonds. The molecule has 2 aromatic carbocycles. The molecule has 3 rings (SSSR count). The van der Waals surface area contributed by atoms with Crippen LogP contribution in [0.15, 0.2) is 53.9 Å². The SMILES string of the molecule is CC(C)(C)c1cc(NC(=O)Nc2ccc(-c3ccc(O)cc3)cc2O)cs1. The number of carbonyl (C=O) groups is 1. The van der Waals surface area contributed by atoms with Crippen LogP contribution in [-0.4, -0.2) is 16.2 Å². The Labute approximate surface area is 162 Å². The quantitative estimate of drug-likeness (QED) is 0.434. The number of phenols is 2. The van der Waals surface area contributed by atoms with Gasteiger partial charge in [-0.3, -0.25) is 0 Å². The van der Waals surface area contributed by atoms with Gasteiger partial charge in [-0.2, -0.15) is 0 Å². The molecule has 0 aliphatic rings. The molecule has 0 saturated carbocycles. The van der Waals surface area contributed by atoms with E-state index in [1.54, 1.807) is 53.8 Å². The lowest BCUT2D eigenvalue weighted by Crippen LogP contribution is -2.19. The van der Waals surface area contributed by atoms with E-state index in [1.165, 1.54) is 4.88 Å². The summed E-state index contributed by atoms with van der Waals surface area (Å²) in [5.74, 6) is 0.150. The fourth-order valence-electron chi connectivity index (χ4n) is 2.55. The number of carbonyl (C=O) groups excluding carboxylic acids is 1. The number of phenolic OH excluding ortho intramolecular Hbond substituents is 2. The van der Waals surface area contributed by atoms with Crippen LogP contribution in [0.25, 0.3) is 11.1 Å². The van der Waals surface area contributed by atoms with Gasteiger partial charge < -0.3 is 20.8 Å². The Hall–Kier alpha value is -2.99. The lowest BCUT2D eigenvalue weighted by Gasteiger charge is -2.15. The summed E-state index contributed by atoms with van der Waals surface area (Å²) in [7, 11) is 0. The first-order chi connectivity index (χ1) is 12.7. The maximum atomic E-state index is 12.2. The van der Waals surface area contributed by atoms with E-state index < -0.39 is 6.03 Å². The molecule has 0 saturated heterocycles. The monoisotopic (exact) mass is 382 g/mol. The minimum Gasteiger partial charge on any atom is -0.508 e. The summed E-state index contributed by atoms with van der Waals surface area (Å²) in [6, 6.07) is 13.2. The molecular formula is C21H22N2O3S. The highest BCUT2D eigenvalue weighted by Crippen LogP contribution is 2.32. The molecule has 0 unspecified atom stereocenters. The Morgan fingerprint density at radius 3 is 2.19 bits per heavy atom. The third kappa shape index (κ3) is 4.60. The van der Waals surface area contributed by atoms with Crippen molar-refractivity contribution < 1.29 is 15.0 Å². The number of amides is 2. The number of hydrogen-bond donors (Lipinski definition) is 4. The minimum absolute atomic E-state index is 0.0311. The Bertz CT molecular complexity index is 956. The molecule has 6 heteroatoms. The number of aromatic hydroxyl groups is 2. The Morgan fingerprint density at radius 1 is 0.926 bits per heavy atom. The number of rotatable bonds is 3. The number of anilines is 2. The highest BCUT2D eigenvalue weighted by Gasteiger charge is 2.17. The minimum atomic E-state index is -0.416. The largest absolute Gasteiger partial charge is 0.508 e. The summed E-state index contributed by atoms with van der Waals surface area (Å²) in [5.41, 5.74) is 2.71. The molecule has 0 atom stereocenters. The van der Waals surface area contributed by atoms with Crippen molar-refractivity contribution in [2.45, 2.75) is 26.2 Å². The highest BCUT2D eigenvalue weighted by atomic mass is 32.1. The van der Waals surface area contributed by atoms with Crippen LogP contribution in [0.5, 0.6) is 11.5 Å². The van der Waals surface area contributed by atoms with Gasteiger partial charge in [0.15, 0.2) is 0 Å². The van der Waals surface area contributed by atoms with Crippen LogP contribution in [0.4, 0.5) is 16.2 Å². The van der Waals surface area contributed by atoms with Gasteiger partial charge in [-0.15, -0.1) is 11.3 Å². The van der Waals surface area contributed by atoms with Crippen molar-refractivity contribution in [3.63, 3.8) is 0 Å². The molecule has 0 fully saturated rings. The molecule has 0 aliphatic heterocycles. The van der Waals surface area contributed by atoms with E-state index in [0.29, 0.717) is 5.69 Å². The zero-order valence-corrected chi connectivity index (χ0v) is 16.2. The van der Waals surface area contributed by atoms with E-state index in [0.717, 1.165) is 16.8 Å². The van der Waals surface area contributed by atoms with Gasteiger partial charge in [0.2, 0.25) is 0 Å². The van der Waals surface area contributed by atoms with E-state index in [1.807, 2.05) is 11.4 Å². The Kier molecular flexibility index (Phi) is 5.10. The first kappa shape index (κ1) is 18.8. The van der Waals surface area contributed by atoms with E-state index >= 15 is 0 Å². The maximum absolute atomic E-state index is 12.2. The Balaban J connectivity index is 1.69. The molecule has 140 valence electrons. The number of urea groups is 1. The van der Waals surface area contributed by atoms with Gasteiger partial charge in [-0.1, -0.05) is 39.0 Å². The zero-order valence-electron chi connectivity index (χ0n) is 15.4. The average Bonchev–Trinajstić information content (AvgIpc) is 3.06. The predicted molar refractivity (Wildman–Crippen MR) is 111 cm³/mol.